The fourth-order valence-corrected chi connectivity index (χ4v) is 1.51. The van der Waals surface area contributed by atoms with Crippen LogP contribution in [0.5, 0.6) is 0 Å². The monoisotopic (exact) mass is 173 g/mol. The van der Waals surface area contributed by atoms with Gasteiger partial charge >= 0.3 is 0 Å². The maximum Gasteiger partial charge on any atom is 0.0870 e. The van der Waals surface area contributed by atoms with Gasteiger partial charge in [0, 0.05) is 25.7 Å². The second-order valence-electron chi connectivity index (χ2n) is 3.08. The zero-order chi connectivity index (χ0) is 8.27. The van der Waals surface area contributed by atoms with Crippen LogP contribution in [0, 0.1) is 0 Å². The van der Waals surface area contributed by atoms with E-state index in [-0.39, 0.29) is 0 Å². The molecule has 1 rings (SSSR count). The van der Waals surface area contributed by atoms with Gasteiger partial charge in [-0.15, -0.1) is 0 Å². The molecule has 0 radical (unpaired) electrons. The molecule has 4 heteroatoms. The molecule has 1 heterocycles. The van der Waals surface area contributed by atoms with E-state index in [1.54, 1.807) is 0 Å². The van der Waals surface area contributed by atoms with Crippen molar-refractivity contribution >= 4 is 17.2 Å². The van der Waals surface area contributed by atoms with Gasteiger partial charge in [0.1, 0.15) is 0 Å². The van der Waals surface area contributed by atoms with E-state index in [2.05, 4.69) is 4.90 Å². The SMILES string of the molecule is NC(=S)CN1CCC(N)CC1. The van der Waals surface area contributed by atoms with Gasteiger partial charge in [-0.05, 0) is 12.8 Å². The fourth-order valence-electron chi connectivity index (χ4n) is 1.33. The van der Waals surface area contributed by atoms with E-state index in [0.29, 0.717) is 11.0 Å². The Hall–Kier alpha value is -0.190. The fraction of sp³-hybridized carbons (Fsp3) is 0.857. The topological polar surface area (TPSA) is 55.3 Å². The van der Waals surface area contributed by atoms with Crippen LogP contribution in [0.2, 0.25) is 0 Å². The first kappa shape index (κ1) is 8.90. The lowest BCUT2D eigenvalue weighted by Gasteiger charge is -2.29. The summed E-state index contributed by atoms with van der Waals surface area (Å²) >= 11 is 4.81. The van der Waals surface area contributed by atoms with Crippen LogP contribution < -0.4 is 11.5 Å². The zero-order valence-corrected chi connectivity index (χ0v) is 7.44. The van der Waals surface area contributed by atoms with Crippen molar-refractivity contribution in [2.45, 2.75) is 18.9 Å². The van der Waals surface area contributed by atoms with Crippen molar-refractivity contribution < 1.29 is 0 Å². The third kappa shape index (κ3) is 3.14. The van der Waals surface area contributed by atoms with Crippen molar-refractivity contribution in [3.05, 3.63) is 0 Å². The quantitative estimate of drug-likeness (QED) is 0.563. The highest BCUT2D eigenvalue weighted by molar-refractivity contribution is 7.80. The molecule has 1 aliphatic heterocycles. The number of likely N-dealkylation sites (tertiary alicyclic amines) is 1. The lowest BCUT2D eigenvalue weighted by Crippen LogP contribution is -2.42. The highest BCUT2D eigenvalue weighted by atomic mass is 32.1. The van der Waals surface area contributed by atoms with Crippen LogP contribution in [-0.2, 0) is 0 Å². The lowest BCUT2D eigenvalue weighted by molar-refractivity contribution is 0.240. The van der Waals surface area contributed by atoms with Gasteiger partial charge in [0.25, 0.3) is 0 Å². The molecule has 0 aromatic heterocycles. The van der Waals surface area contributed by atoms with E-state index in [1.165, 1.54) is 0 Å². The first-order valence-corrected chi connectivity index (χ1v) is 4.35. The number of hydrogen-bond donors (Lipinski definition) is 2. The zero-order valence-electron chi connectivity index (χ0n) is 6.62. The smallest absolute Gasteiger partial charge is 0.0870 e. The summed E-state index contributed by atoms with van der Waals surface area (Å²) in [6, 6.07) is 0.387. The summed E-state index contributed by atoms with van der Waals surface area (Å²) < 4.78 is 0. The summed E-state index contributed by atoms with van der Waals surface area (Å²) in [5, 5.41) is 0. The molecular weight excluding hydrogens is 158 g/mol. The molecule has 64 valence electrons. The molecule has 4 N–H and O–H groups in total. The molecule has 0 saturated carbocycles. The van der Waals surface area contributed by atoms with Crippen LogP contribution in [0.1, 0.15) is 12.8 Å². The van der Waals surface area contributed by atoms with Gasteiger partial charge in [-0.25, -0.2) is 0 Å². The van der Waals surface area contributed by atoms with E-state index < -0.39 is 0 Å². The van der Waals surface area contributed by atoms with Crippen molar-refractivity contribution in [3.8, 4) is 0 Å². The summed E-state index contributed by atoms with van der Waals surface area (Å²) in [7, 11) is 0. The molecule has 0 aliphatic carbocycles. The average Bonchev–Trinajstić information content (AvgIpc) is 1.93. The molecule has 1 fully saturated rings. The van der Waals surface area contributed by atoms with E-state index >= 15 is 0 Å². The molecule has 0 aromatic rings. The Morgan fingerprint density at radius 1 is 1.45 bits per heavy atom. The molecule has 0 amide bonds. The molecule has 11 heavy (non-hydrogen) atoms. The highest BCUT2D eigenvalue weighted by Crippen LogP contribution is 2.06. The van der Waals surface area contributed by atoms with Crippen LogP contribution in [0.25, 0.3) is 0 Å². The van der Waals surface area contributed by atoms with Gasteiger partial charge in [-0.1, -0.05) is 12.2 Å². The summed E-state index contributed by atoms with van der Waals surface area (Å²) in [6.45, 7) is 2.83. The van der Waals surface area contributed by atoms with Crippen LogP contribution in [0.3, 0.4) is 0 Å². The first-order valence-electron chi connectivity index (χ1n) is 3.94. The van der Waals surface area contributed by atoms with Gasteiger partial charge in [0.2, 0.25) is 0 Å². The average molecular weight is 173 g/mol. The molecule has 0 bridgehead atoms. The van der Waals surface area contributed by atoms with E-state index in [1.807, 2.05) is 0 Å². The van der Waals surface area contributed by atoms with Gasteiger partial charge in [-0.3, -0.25) is 4.90 Å². The summed E-state index contributed by atoms with van der Waals surface area (Å²) in [5.74, 6) is 0. The maximum atomic E-state index is 5.74. The van der Waals surface area contributed by atoms with Crippen LogP contribution in [-0.4, -0.2) is 35.6 Å². The van der Waals surface area contributed by atoms with Crippen LogP contribution >= 0.6 is 12.2 Å². The molecule has 3 nitrogen and oxygen atoms in total. The molecule has 1 saturated heterocycles. The molecule has 0 unspecified atom stereocenters. The minimum Gasteiger partial charge on any atom is -0.392 e. The van der Waals surface area contributed by atoms with Crippen molar-refractivity contribution in [1.82, 2.24) is 4.90 Å². The molecular formula is C7H15N3S. The Labute approximate surface area is 72.7 Å². The van der Waals surface area contributed by atoms with E-state index in [0.717, 1.165) is 32.5 Å². The Morgan fingerprint density at radius 3 is 2.45 bits per heavy atom. The molecule has 0 atom stereocenters. The molecule has 1 aliphatic rings. The Kier molecular flexibility index (Phi) is 3.23. The predicted molar refractivity (Wildman–Crippen MR) is 50.4 cm³/mol. The Balaban J connectivity index is 2.22. The minimum atomic E-state index is 0.387. The van der Waals surface area contributed by atoms with Gasteiger partial charge < -0.3 is 11.5 Å². The molecule has 0 aromatic carbocycles. The van der Waals surface area contributed by atoms with Crippen LogP contribution in [0.4, 0.5) is 0 Å². The first-order chi connectivity index (χ1) is 5.18. The van der Waals surface area contributed by atoms with E-state index in [4.69, 9.17) is 23.7 Å². The van der Waals surface area contributed by atoms with Crippen LogP contribution in [0.15, 0.2) is 0 Å². The van der Waals surface area contributed by atoms with Gasteiger partial charge in [0.15, 0.2) is 0 Å². The normalized spacial score (nSPS) is 21.9. The minimum absolute atomic E-state index is 0.387. The lowest BCUT2D eigenvalue weighted by atomic mass is 10.1. The Bertz CT molecular complexity index is 141. The second-order valence-corrected chi connectivity index (χ2v) is 3.60. The summed E-state index contributed by atoms with van der Waals surface area (Å²) in [6.07, 6.45) is 2.14. The number of thiocarbonyl (C=S) groups is 1. The summed E-state index contributed by atoms with van der Waals surface area (Å²) in [4.78, 5) is 2.84. The summed E-state index contributed by atoms with van der Waals surface area (Å²) in [5.41, 5.74) is 11.2. The predicted octanol–water partition coefficient (Wildman–Crippen LogP) is -0.304. The van der Waals surface area contributed by atoms with Gasteiger partial charge in [0.05, 0.1) is 4.99 Å². The van der Waals surface area contributed by atoms with Crippen molar-refractivity contribution in [3.63, 3.8) is 0 Å². The second kappa shape index (κ2) is 3.99. The third-order valence-electron chi connectivity index (χ3n) is 2.01. The van der Waals surface area contributed by atoms with Gasteiger partial charge in [-0.2, -0.15) is 0 Å². The Morgan fingerprint density at radius 2 is 2.00 bits per heavy atom. The maximum absolute atomic E-state index is 5.74. The highest BCUT2D eigenvalue weighted by Gasteiger charge is 2.15. The number of nitrogens with zero attached hydrogens (tertiary/aromatic N) is 1. The molecule has 0 spiro atoms. The van der Waals surface area contributed by atoms with E-state index in [9.17, 15) is 0 Å². The number of piperidine rings is 1. The number of hydrogen-bond acceptors (Lipinski definition) is 3. The third-order valence-corrected chi connectivity index (χ3v) is 2.14. The number of nitrogens with two attached hydrogens (primary N) is 2. The standard InChI is InChI=1S/C7H15N3S/c8-6-1-3-10(4-2-6)5-7(9)11/h6H,1-5,8H2,(H2,9,11). The van der Waals surface area contributed by atoms with Crippen molar-refractivity contribution in [2.24, 2.45) is 11.5 Å². The largest absolute Gasteiger partial charge is 0.392 e. The van der Waals surface area contributed by atoms with Crippen molar-refractivity contribution in [1.29, 1.82) is 0 Å². The number of rotatable bonds is 2. The van der Waals surface area contributed by atoms with Crippen molar-refractivity contribution in [2.75, 3.05) is 19.6 Å².